The SMILES string of the molecule is CC(C)(C)OC(=O)NC1CCCN(c2ccn3nccc3n2)C1. The number of hydrogen-bond donors (Lipinski definition) is 1. The molecule has 2 aromatic rings. The topological polar surface area (TPSA) is 71.8 Å². The first-order chi connectivity index (χ1) is 10.9. The molecule has 0 aliphatic carbocycles. The molecule has 1 aliphatic heterocycles. The standard InChI is InChI=1S/C16H23N5O2/c1-16(2,3)23-15(22)18-12-5-4-9-20(11-12)13-7-10-21-14(19-13)6-8-17-21/h6-8,10,12H,4-5,9,11H2,1-3H3,(H,18,22). The molecule has 1 amide bonds. The van der Waals surface area contributed by atoms with Gasteiger partial charge in [-0.2, -0.15) is 5.10 Å². The molecule has 3 rings (SSSR count). The van der Waals surface area contributed by atoms with Crippen molar-refractivity contribution in [3.63, 3.8) is 0 Å². The third-order valence-electron chi connectivity index (χ3n) is 3.71. The second kappa shape index (κ2) is 6.06. The Bertz CT molecular complexity index is 691. The average molecular weight is 317 g/mol. The molecule has 1 unspecified atom stereocenters. The molecule has 1 fully saturated rings. The quantitative estimate of drug-likeness (QED) is 0.919. The Labute approximate surface area is 135 Å². The number of nitrogens with one attached hydrogen (secondary N) is 1. The lowest BCUT2D eigenvalue weighted by atomic mass is 10.1. The third-order valence-corrected chi connectivity index (χ3v) is 3.71. The number of hydrogen-bond acceptors (Lipinski definition) is 5. The molecule has 2 aromatic heterocycles. The molecule has 7 nitrogen and oxygen atoms in total. The minimum absolute atomic E-state index is 0.0709. The Morgan fingerprint density at radius 1 is 1.39 bits per heavy atom. The van der Waals surface area contributed by atoms with E-state index in [4.69, 9.17) is 4.74 Å². The molecule has 3 heterocycles. The van der Waals surface area contributed by atoms with Crippen LogP contribution in [0.5, 0.6) is 0 Å². The molecule has 0 spiro atoms. The molecule has 7 heteroatoms. The molecular formula is C16H23N5O2. The van der Waals surface area contributed by atoms with Gasteiger partial charge in [-0.1, -0.05) is 0 Å². The van der Waals surface area contributed by atoms with Crippen molar-refractivity contribution < 1.29 is 9.53 Å². The van der Waals surface area contributed by atoms with Crippen LogP contribution in [0.1, 0.15) is 33.6 Å². The van der Waals surface area contributed by atoms with E-state index in [2.05, 4.69) is 20.3 Å². The highest BCUT2D eigenvalue weighted by Crippen LogP contribution is 2.19. The van der Waals surface area contributed by atoms with Crippen molar-refractivity contribution in [1.29, 1.82) is 0 Å². The van der Waals surface area contributed by atoms with Crippen LogP contribution >= 0.6 is 0 Å². The molecule has 0 aromatic carbocycles. The van der Waals surface area contributed by atoms with Crippen LogP contribution in [0.4, 0.5) is 10.6 Å². The summed E-state index contributed by atoms with van der Waals surface area (Å²) in [6.45, 7) is 7.26. The molecule has 0 saturated carbocycles. The number of anilines is 1. The van der Waals surface area contributed by atoms with E-state index in [1.54, 1.807) is 10.7 Å². The molecule has 1 aliphatic rings. The summed E-state index contributed by atoms with van der Waals surface area (Å²) in [5.74, 6) is 0.911. The Balaban J connectivity index is 1.64. The molecule has 1 N–H and O–H groups in total. The number of rotatable bonds is 2. The average Bonchev–Trinajstić information content (AvgIpc) is 2.92. The van der Waals surface area contributed by atoms with Crippen LogP contribution in [0.15, 0.2) is 24.5 Å². The molecule has 1 atom stereocenters. The zero-order valence-corrected chi connectivity index (χ0v) is 13.8. The maximum absolute atomic E-state index is 11.9. The summed E-state index contributed by atoms with van der Waals surface area (Å²) in [6.07, 6.45) is 5.23. The van der Waals surface area contributed by atoms with Crippen LogP contribution in [0, 0.1) is 0 Å². The van der Waals surface area contributed by atoms with Gasteiger partial charge >= 0.3 is 6.09 Å². The highest BCUT2D eigenvalue weighted by Gasteiger charge is 2.25. The number of nitrogens with zero attached hydrogens (tertiary/aromatic N) is 4. The molecule has 0 radical (unpaired) electrons. The number of ether oxygens (including phenoxy) is 1. The number of carbonyl (C=O) groups is 1. The summed E-state index contributed by atoms with van der Waals surface area (Å²) in [5, 5.41) is 7.11. The maximum Gasteiger partial charge on any atom is 0.407 e. The molecule has 124 valence electrons. The van der Waals surface area contributed by atoms with Crippen LogP contribution in [-0.4, -0.2) is 45.4 Å². The predicted octanol–water partition coefficient (Wildman–Crippen LogP) is 2.22. The van der Waals surface area contributed by atoms with Gasteiger partial charge < -0.3 is 15.0 Å². The van der Waals surface area contributed by atoms with E-state index in [0.717, 1.165) is 37.4 Å². The van der Waals surface area contributed by atoms with Crippen LogP contribution in [0.2, 0.25) is 0 Å². The van der Waals surface area contributed by atoms with Gasteiger partial charge in [0.1, 0.15) is 11.4 Å². The predicted molar refractivity (Wildman–Crippen MR) is 87.6 cm³/mol. The van der Waals surface area contributed by atoms with Crippen molar-refractivity contribution in [2.24, 2.45) is 0 Å². The summed E-state index contributed by atoms with van der Waals surface area (Å²) < 4.78 is 7.07. The summed E-state index contributed by atoms with van der Waals surface area (Å²) >= 11 is 0. The van der Waals surface area contributed by atoms with E-state index in [9.17, 15) is 4.79 Å². The second-order valence-electron chi connectivity index (χ2n) is 6.85. The molecule has 23 heavy (non-hydrogen) atoms. The minimum Gasteiger partial charge on any atom is -0.444 e. The van der Waals surface area contributed by atoms with Crippen LogP contribution in [0.3, 0.4) is 0 Å². The van der Waals surface area contributed by atoms with Gasteiger partial charge in [-0.3, -0.25) is 0 Å². The fraction of sp³-hybridized carbons (Fsp3) is 0.562. The summed E-state index contributed by atoms with van der Waals surface area (Å²) in [7, 11) is 0. The summed E-state index contributed by atoms with van der Waals surface area (Å²) in [6, 6.07) is 3.90. The van der Waals surface area contributed by atoms with Gasteiger partial charge in [0.15, 0.2) is 5.65 Å². The van der Waals surface area contributed by atoms with E-state index >= 15 is 0 Å². The van der Waals surface area contributed by atoms with Gasteiger partial charge in [0.2, 0.25) is 0 Å². The third kappa shape index (κ3) is 3.91. The number of fused-ring (bicyclic) bond motifs is 1. The number of carbonyl (C=O) groups excluding carboxylic acids is 1. The summed E-state index contributed by atoms with van der Waals surface area (Å²) in [4.78, 5) is 18.7. The highest BCUT2D eigenvalue weighted by molar-refractivity contribution is 5.68. The smallest absolute Gasteiger partial charge is 0.407 e. The van der Waals surface area contributed by atoms with Crippen LogP contribution in [-0.2, 0) is 4.74 Å². The Morgan fingerprint density at radius 2 is 2.22 bits per heavy atom. The molecular weight excluding hydrogens is 294 g/mol. The Kier molecular flexibility index (Phi) is 4.11. The normalized spacial score (nSPS) is 18.9. The van der Waals surface area contributed by atoms with Gasteiger partial charge in [0, 0.05) is 31.4 Å². The van der Waals surface area contributed by atoms with Gasteiger partial charge in [0.05, 0.1) is 6.20 Å². The van der Waals surface area contributed by atoms with Crippen molar-refractivity contribution in [1.82, 2.24) is 19.9 Å². The van der Waals surface area contributed by atoms with Crippen LogP contribution in [0.25, 0.3) is 5.65 Å². The maximum atomic E-state index is 11.9. The number of aromatic nitrogens is 3. The molecule has 0 bridgehead atoms. The Hall–Kier alpha value is -2.31. The zero-order valence-electron chi connectivity index (χ0n) is 13.8. The van der Waals surface area contributed by atoms with Crippen LogP contribution < -0.4 is 10.2 Å². The lowest BCUT2D eigenvalue weighted by Gasteiger charge is -2.34. The number of amides is 1. The lowest BCUT2D eigenvalue weighted by Crippen LogP contribution is -2.49. The van der Waals surface area contributed by atoms with Crippen molar-refractivity contribution in [2.75, 3.05) is 18.0 Å². The van der Waals surface area contributed by atoms with E-state index in [-0.39, 0.29) is 12.1 Å². The first-order valence-corrected chi connectivity index (χ1v) is 7.95. The zero-order chi connectivity index (χ0) is 16.4. The Morgan fingerprint density at radius 3 is 3.00 bits per heavy atom. The number of alkyl carbamates (subject to hydrolysis) is 1. The summed E-state index contributed by atoms with van der Waals surface area (Å²) in [5.41, 5.74) is 0.345. The van der Waals surface area contributed by atoms with E-state index < -0.39 is 5.60 Å². The minimum atomic E-state index is -0.479. The first kappa shape index (κ1) is 15.6. The van der Waals surface area contributed by atoms with Crippen molar-refractivity contribution in [3.8, 4) is 0 Å². The fourth-order valence-corrected chi connectivity index (χ4v) is 2.76. The fourth-order valence-electron chi connectivity index (χ4n) is 2.76. The van der Waals surface area contributed by atoms with Gasteiger partial charge in [-0.05, 0) is 39.7 Å². The van der Waals surface area contributed by atoms with Gasteiger partial charge in [-0.15, -0.1) is 0 Å². The van der Waals surface area contributed by atoms with E-state index in [1.165, 1.54) is 0 Å². The van der Waals surface area contributed by atoms with Crippen molar-refractivity contribution in [2.45, 2.75) is 45.3 Å². The highest BCUT2D eigenvalue weighted by atomic mass is 16.6. The largest absolute Gasteiger partial charge is 0.444 e. The molecule has 1 saturated heterocycles. The second-order valence-corrected chi connectivity index (χ2v) is 6.85. The lowest BCUT2D eigenvalue weighted by molar-refractivity contribution is 0.0500. The van der Waals surface area contributed by atoms with Crippen molar-refractivity contribution >= 4 is 17.6 Å². The first-order valence-electron chi connectivity index (χ1n) is 7.95. The van der Waals surface area contributed by atoms with Gasteiger partial charge in [0.25, 0.3) is 0 Å². The van der Waals surface area contributed by atoms with Gasteiger partial charge in [-0.25, -0.2) is 14.3 Å². The van der Waals surface area contributed by atoms with E-state index in [0.29, 0.717) is 0 Å². The number of piperidine rings is 1. The van der Waals surface area contributed by atoms with E-state index in [1.807, 2.05) is 39.1 Å². The van der Waals surface area contributed by atoms with Crippen molar-refractivity contribution in [3.05, 3.63) is 24.5 Å². The monoisotopic (exact) mass is 317 g/mol.